The molecule has 1 N–H and O–H groups in total. The van der Waals surface area contributed by atoms with Crippen molar-refractivity contribution < 1.29 is 26.3 Å². The van der Waals surface area contributed by atoms with Crippen LogP contribution in [0.4, 0.5) is 13.2 Å². The molecule has 0 aliphatic rings. The third-order valence-corrected chi connectivity index (χ3v) is 5.91. The predicted molar refractivity (Wildman–Crippen MR) is 99.3 cm³/mol. The van der Waals surface area contributed by atoms with Gasteiger partial charge in [-0.2, -0.15) is 13.2 Å². The highest BCUT2D eigenvalue weighted by Gasteiger charge is 2.34. The quantitative estimate of drug-likeness (QED) is 0.643. The largest absolute Gasteiger partial charge is 0.461 e. The second-order valence-corrected chi connectivity index (χ2v) is 8.80. The highest BCUT2D eigenvalue weighted by molar-refractivity contribution is 9.10. The fraction of sp³-hybridized carbons (Fsp3) is 0.500. The van der Waals surface area contributed by atoms with Gasteiger partial charge in [-0.05, 0) is 45.9 Å². The molecule has 28 heavy (non-hydrogen) atoms. The lowest BCUT2D eigenvalue weighted by Gasteiger charge is -2.17. The average Bonchev–Trinajstić information content (AvgIpc) is 2.95. The first-order valence-corrected chi connectivity index (χ1v) is 10.6. The molecule has 1 aromatic heterocycles. The Kier molecular flexibility index (Phi) is 6.77. The molecule has 12 heteroatoms. The molecule has 1 heterocycles. The summed E-state index contributed by atoms with van der Waals surface area (Å²) in [5.74, 6) is 0.287. The van der Waals surface area contributed by atoms with Crippen molar-refractivity contribution in [3.63, 3.8) is 0 Å². The maximum atomic E-state index is 13.1. The summed E-state index contributed by atoms with van der Waals surface area (Å²) in [4.78, 5) is -0.504. The van der Waals surface area contributed by atoms with Crippen LogP contribution in [0.2, 0.25) is 0 Å². The molecule has 0 fully saturated rings. The van der Waals surface area contributed by atoms with Gasteiger partial charge in [-0.15, -0.1) is 5.10 Å². The minimum Gasteiger partial charge on any atom is -0.461 e. The first kappa shape index (κ1) is 22.6. The summed E-state index contributed by atoms with van der Waals surface area (Å²) in [5.41, 5.74) is -1.08. The standard InChI is InChI=1S/C16H20BrF3N4O3S/c1-5-24-14(21-22-15(24)27-9(2)3)10(4)23-28(25,26)11-6-7-13(17)12(8-11)16(18,19)20/h6-10,23H,5H2,1-4H3/t10-/m1/s1. The summed E-state index contributed by atoms with van der Waals surface area (Å²) in [6, 6.07) is 2.11. The molecule has 0 amide bonds. The highest BCUT2D eigenvalue weighted by Crippen LogP contribution is 2.36. The number of halogens is 4. The summed E-state index contributed by atoms with van der Waals surface area (Å²) in [7, 11) is -4.24. The summed E-state index contributed by atoms with van der Waals surface area (Å²) >= 11 is 2.79. The van der Waals surface area contributed by atoms with E-state index < -0.39 is 32.7 Å². The van der Waals surface area contributed by atoms with Gasteiger partial charge in [-0.25, -0.2) is 13.1 Å². The first-order valence-electron chi connectivity index (χ1n) is 8.35. The Morgan fingerprint density at radius 1 is 1.25 bits per heavy atom. The third kappa shape index (κ3) is 5.03. The molecular formula is C16H20BrF3N4O3S. The van der Waals surface area contributed by atoms with E-state index >= 15 is 0 Å². The normalized spacial score (nSPS) is 13.8. The van der Waals surface area contributed by atoms with Crippen LogP contribution in [0.25, 0.3) is 0 Å². The zero-order valence-electron chi connectivity index (χ0n) is 15.6. The van der Waals surface area contributed by atoms with Crippen LogP contribution in [0.15, 0.2) is 27.6 Å². The van der Waals surface area contributed by atoms with Gasteiger partial charge in [0.15, 0.2) is 5.82 Å². The van der Waals surface area contributed by atoms with E-state index in [0.717, 1.165) is 12.1 Å². The van der Waals surface area contributed by atoms with E-state index in [9.17, 15) is 21.6 Å². The van der Waals surface area contributed by atoms with Crippen molar-refractivity contribution in [2.45, 2.75) is 57.5 Å². The van der Waals surface area contributed by atoms with Crippen LogP contribution in [0.3, 0.4) is 0 Å². The number of hydrogen-bond acceptors (Lipinski definition) is 5. The van der Waals surface area contributed by atoms with Gasteiger partial charge >= 0.3 is 12.2 Å². The van der Waals surface area contributed by atoms with Crippen LogP contribution >= 0.6 is 15.9 Å². The van der Waals surface area contributed by atoms with Gasteiger partial charge in [-0.3, -0.25) is 4.57 Å². The molecule has 156 valence electrons. The Morgan fingerprint density at radius 3 is 2.43 bits per heavy atom. The fourth-order valence-electron chi connectivity index (χ4n) is 2.46. The molecule has 7 nitrogen and oxygen atoms in total. The molecule has 0 aliphatic heterocycles. The molecule has 0 bridgehead atoms. The molecule has 2 aromatic rings. The molecule has 0 saturated heterocycles. The summed E-state index contributed by atoms with van der Waals surface area (Å²) in [6.45, 7) is 7.38. The molecule has 0 unspecified atom stereocenters. The van der Waals surface area contributed by atoms with Crippen molar-refractivity contribution in [1.82, 2.24) is 19.5 Å². The molecule has 2 rings (SSSR count). The van der Waals surface area contributed by atoms with E-state index in [1.54, 1.807) is 4.57 Å². The second-order valence-electron chi connectivity index (χ2n) is 6.23. The number of benzene rings is 1. The SMILES string of the molecule is CCn1c(OC(C)C)nnc1[C@@H](C)NS(=O)(=O)c1ccc(Br)c(C(F)(F)F)c1. The number of alkyl halides is 3. The van der Waals surface area contributed by atoms with E-state index in [4.69, 9.17) is 4.74 Å². The van der Waals surface area contributed by atoms with Crippen molar-refractivity contribution in [2.75, 3.05) is 0 Å². The molecule has 0 spiro atoms. The average molecular weight is 485 g/mol. The Labute approximate surface area is 169 Å². The van der Waals surface area contributed by atoms with Gasteiger partial charge in [0.05, 0.1) is 22.6 Å². The summed E-state index contributed by atoms with van der Waals surface area (Å²) in [6.07, 6.45) is -4.85. The lowest BCUT2D eigenvalue weighted by atomic mass is 10.2. The van der Waals surface area contributed by atoms with Crippen LogP contribution in [0.5, 0.6) is 6.01 Å². The molecule has 0 radical (unpaired) electrons. The zero-order chi connectivity index (χ0) is 21.3. The van der Waals surface area contributed by atoms with Gasteiger partial charge in [0.2, 0.25) is 10.0 Å². The monoisotopic (exact) mass is 484 g/mol. The smallest absolute Gasteiger partial charge is 0.417 e. The number of hydrogen-bond donors (Lipinski definition) is 1. The topological polar surface area (TPSA) is 86.1 Å². The van der Waals surface area contributed by atoms with Gasteiger partial charge in [0, 0.05) is 11.0 Å². The molecule has 0 aliphatic carbocycles. The zero-order valence-corrected chi connectivity index (χ0v) is 18.0. The minimum atomic E-state index is -4.69. The van der Waals surface area contributed by atoms with Gasteiger partial charge in [0.25, 0.3) is 0 Å². The van der Waals surface area contributed by atoms with Crippen molar-refractivity contribution in [3.05, 3.63) is 34.1 Å². The second kappa shape index (κ2) is 8.37. The summed E-state index contributed by atoms with van der Waals surface area (Å²) in [5, 5.41) is 7.87. The Bertz CT molecular complexity index is 945. The number of rotatable bonds is 7. The molecule has 0 saturated carbocycles. The lowest BCUT2D eigenvalue weighted by Crippen LogP contribution is -2.29. The van der Waals surface area contributed by atoms with Crippen LogP contribution in [-0.4, -0.2) is 29.3 Å². The van der Waals surface area contributed by atoms with Gasteiger partial charge < -0.3 is 4.74 Å². The van der Waals surface area contributed by atoms with Crippen molar-refractivity contribution in [3.8, 4) is 6.01 Å². The maximum absolute atomic E-state index is 13.1. The number of nitrogens with one attached hydrogen (secondary N) is 1. The Balaban J connectivity index is 2.34. The van der Waals surface area contributed by atoms with Gasteiger partial charge in [-0.1, -0.05) is 21.0 Å². The number of ether oxygens (including phenoxy) is 1. The first-order chi connectivity index (χ1) is 12.9. The fourth-order valence-corrected chi connectivity index (χ4v) is 4.16. The predicted octanol–water partition coefficient (Wildman–Crippen LogP) is 3.91. The number of aromatic nitrogens is 3. The Morgan fingerprint density at radius 2 is 1.89 bits per heavy atom. The van der Waals surface area contributed by atoms with Crippen LogP contribution in [0.1, 0.15) is 45.1 Å². The number of sulfonamides is 1. The molecule has 1 aromatic carbocycles. The lowest BCUT2D eigenvalue weighted by molar-refractivity contribution is -0.138. The maximum Gasteiger partial charge on any atom is 0.417 e. The highest BCUT2D eigenvalue weighted by atomic mass is 79.9. The van der Waals surface area contributed by atoms with Crippen LogP contribution < -0.4 is 9.46 Å². The van der Waals surface area contributed by atoms with E-state index in [-0.39, 0.29) is 22.4 Å². The summed E-state index contributed by atoms with van der Waals surface area (Å²) < 4.78 is 73.6. The van der Waals surface area contributed by atoms with Crippen molar-refractivity contribution in [2.24, 2.45) is 0 Å². The van der Waals surface area contributed by atoms with Crippen molar-refractivity contribution >= 4 is 26.0 Å². The van der Waals surface area contributed by atoms with Crippen LogP contribution in [-0.2, 0) is 22.7 Å². The van der Waals surface area contributed by atoms with E-state index in [1.165, 1.54) is 6.92 Å². The van der Waals surface area contributed by atoms with Gasteiger partial charge in [0.1, 0.15) is 0 Å². The molecule has 1 atom stereocenters. The van der Waals surface area contributed by atoms with E-state index in [0.29, 0.717) is 12.6 Å². The van der Waals surface area contributed by atoms with E-state index in [2.05, 4.69) is 30.8 Å². The number of nitrogens with zero attached hydrogens (tertiary/aromatic N) is 3. The van der Waals surface area contributed by atoms with Crippen LogP contribution in [0, 0.1) is 0 Å². The van der Waals surface area contributed by atoms with E-state index in [1.807, 2.05) is 20.8 Å². The Hall–Kier alpha value is -1.66. The minimum absolute atomic E-state index is 0.155. The molecular weight excluding hydrogens is 465 g/mol. The third-order valence-electron chi connectivity index (χ3n) is 3.68. The van der Waals surface area contributed by atoms with Crippen molar-refractivity contribution in [1.29, 1.82) is 0 Å².